The standard InChI is InChI=1S/C19H25FN4O2/c1-26-17-6-5-14(10-16(17)20)7-8-21-18-11-19(23-13-22-18)24-9-3-2-4-15(24)12-25/h5-6,10-11,13,15,25H,2-4,7-9,12H2,1H3,(H,21,22,23). The van der Waals surface area contributed by atoms with Crippen LogP contribution in [0.25, 0.3) is 0 Å². The first kappa shape index (κ1) is 18.4. The first-order chi connectivity index (χ1) is 12.7. The molecule has 2 N–H and O–H groups in total. The van der Waals surface area contributed by atoms with Gasteiger partial charge in [0.1, 0.15) is 18.0 Å². The van der Waals surface area contributed by atoms with Crippen molar-refractivity contribution in [3.05, 3.63) is 42.0 Å². The summed E-state index contributed by atoms with van der Waals surface area (Å²) in [6.07, 6.45) is 5.42. The van der Waals surface area contributed by atoms with Crippen LogP contribution in [0.4, 0.5) is 16.0 Å². The number of methoxy groups -OCH3 is 1. The van der Waals surface area contributed by atoms with Gasteiger partial charge in [0.25, 0.3) is 0 Å². The van der Waals surface area contributed by atoms with Crippen LogP contribution in [0, 0.1) is 5.82 Å². The molecular formula is C19H25FN4O2. The lowest BCUT2D eigenvalue weighted by atomic mass is 10.0. The Hall–Kier alpha value is -2.41. The number of hydrogen-bond acceptors (Lipinski definition) is 6. The van der Waals surface area contributed by atoms with E-state index in [4.69, 9.17) is 4.74 Å². The molecule has 1 aromatic heterocycles. The van der Waals surface area contributed by atoms with E-state index in [-0.39, 0.29) is 24.2 Å². The molecule has 1 saturated heterocycles. The van der Waals surface area contributed by atoms with Gasteiger partial charge in [-0.25, -0.2) is 14.4 Å². The number of rotatable bonds is 7. The number of halogens is 1. The van der Waals surface area contributed by atoms with Gasteiger partial charge in [-0.3, -0.25) is 0 Å². The molecule has 2 heterocycles. The van der Waals surface area contributed by atoms with Crippen LogP contribution in [0.2, 0.25) is 0 Å². The number of benzene rings is 1. The average Bonchev–Trinajstić information content (AvgIpc) is 2.68. The SMILES string of the molecule is COc1ccc(CCNc2cc(N3CCCCC3CO)ncn2)cc1F. The molecule has 1 aliphatic rings. The molecule has 0 aliphatic carbocycles. The predicted octanol–water partition coefficient (Wildman–Crippen LogP) is 2.63. The van der Waals surface area contributed by atoms with Crippen LogP contribution in [0.1, 0.15) is 24.8 Å². The predicted molar refractivity (Wildman–Crippen MR) is 99.2 cm³/mol. The van der Waals surface area contributed by atoms with Gasteiger partial charge in [-0.2, -0.15) is 0 Å². The van der Waals surface area contributed by atoms with E-state index in [1.54, 1.807) is 6.07 Å². The van der Waals surface area contributed by atoms with Crippen molar-refractivity contribution in [3.8, 4) is 5.75 Å². The monoisotopic (exact) mass is 360 g/mol. The van der Waals surface area contributed by atoms with Gasteiger partial charge < -0.3 is 20.1 Å². The molecule has 1 atom stereocenters. The second kappa shape index (κ2) is 8.80. The summed E-state index contributed by atoms with van der Waals surface area (Å²) in [5, 5.41) is 12.8. The molecule has 6 nitrogen and oxygen atoms in total. The van der Waals surface area contributed by atoms with Gasteiger partial charge in [0.2, 0.25) is 0 Å². The van der Waals surface area contributed by atoms with E-state index in [2.05, 4.69) is 20.2 Å². The number of aromatic nitrogens is 2. The highest BCUT2D eigenvalue weighted by atomic mass is 19.1. The number of aliphatic hydroxyl groups is 1. The van der Waals surface area contributed by atoms with Crippen LogP contribution in [0.3, 0.4) is 0 Å². The van der Waals surface area contributed by atoms with Gasteiger partial charge in [-0.15, -0.1) is 0 Å². The Morgan fingerprint density at radius 3 is 2.96 bits per heavy atom. The number of piperidine rings is 1. The lowest BCUT2D eigenvalue weighted by Gasteiger charge is -2.35. The summed E-state index contributed by atoms with van der Waals surface area (Å²) in [6, 6.07) is 7.01. The smallest absolute Gasteiger partial charge is 0.165 e. The molecule has 0 radical (unpaired) electrons. The Kier molecular flexibility index (Phi) is 6.22. The summed E-state index contributed by atoms with van der Waals surface area (Å²) < 4.78 is 18.7. The summed E-state index contributed by atoms with van der Waals surface area (Å²) in [6.45, 7) is 1.66. The molecule has 1 fully saturated rings. The van der Waals surface area contributed by atoms with Crippen LogP contribution < -0.4 is 15.0 Å². The van der Waals surface area contributed by atoms with Gasteiger partial charge in [-0.1, -0.05) is 6.07 Å². The zero-order valence-corrected chi connectivity index (χ0v) is 15.0. The van der Waals surface area contributed by atoms with Crippen molar-refractivity contribution >= 4 is 11.6 Å². The quantitative estimate of drug-likeness (QED) is 0.791. The zero-order valence-electron chi connectivity index (χ0n) is 15.0. The second-order valence-electron chi connectivity index (χ2n) is 6.43. The second-order valence-corrected chi connectivity index (χ2v) is 6.43. The van der Waals surface area contributed by atoms with Gasteiger partial charge in [0, 0.05) is 19.2 Å². The van der Waals surface area contributed by atoms with Gasteiger partial charge in [-0.05, 0) is 43.4 Å². The molecule has 0 spiro atoms. The maximum absolute atomic E-state index is 13.7. The molecule has 1 aromatic carbocycles. The normalized spacial score (nSPS) is 17.2. The summed E-state index contributed by atoms with van der Waals surface area (Å²) >= 11 is 0. The van der Waals surface area contributed by atoms with Crippen LogP contribution >= 0.6 is 0 Å². The Bertz CT molecular complexity index is 728. The highest BCUT2D eigenvalue weighted by molar-refractivity contribution is 5.49. The Morgan fingerprint density at radius 1 is 1.31 bits per heavy atom. The first-order valence-corrected chi connectivity index (χ1v) is 8.97. The number of anilines is 2. The number of nitrogens with one attached hydrogen (secondary N) is 1. The minimum Gasteiger partial charge on any atom is -0.494 e. The van der Waals surface area contributed by atoms with E-state index in [1.807, 2.05) is 12.1 Å². The van der Waals surface area contributed by atoms with Crippen LogP contribution in [0.15, 0.2) is 30.6 Å². The topological polar surface area (TPSA) is 70.5 Å². The molecule has 26 heavy (non-hydrogen) atoms. The molecular weight excluding hydrogens is 335 g/mol. The van der Waals surface area contributed by atoms with Gasteiger partial charge in [0.05, 0.1) is 19.8 Å². The van der Waals surface area contributed by atoms with Crippen molar-refractivity contribution in [2.75, 3.05) is 37.0 Å². The Balaban J connectivity index is 1.59. The molecule has 0 amide bonds. The third-order valence-electron chi connectivity index (χ3n) is 4.72. The van der Waals surface area contributed by atoms with E-state index in [1.165, 1.54) is 19.5 Å². The molecule has 0 bridgehead atoms. The van der Waals surface area contributed by atoms with Crippen LogP contribution in [-0.2, 0) is 6.42 Å². The highest BCUT2D eigenvalue weighted by Crippen LogP contribution is 2.24. The highest BCUT2D eigenvalue weighted by Gasteiger charge is 2.23. The van der Waals surface area contributed by atoms with E-state index >= 15 is 0 Å². The van der Waals surface area contributed by atoms with Gasteiger partial charge >= 0.3 is 0 Å². The van der Waals surface area contributed by atoms with Gasteiger partial charge in [0.15, 0.2) is 11.6 Å². The maximum atomic E-state index is 13.7. The van der Waals surface area contributed by atoms with Crippen molar-refractivity contribution in [2.45, 2.75) is 31.7 Å². The van der Waals surface area contributed by atoms with Crippen molar-refractivity contribution in [1.29, 1.82) is 0 Å². The molecule has 2 aromatic rings. The minimum absolute atomic E-state index is 0.119. The summed E-state index contributed by atoms with van der Waals surface area (Å²) in [5.41, 5.74) is 0.890. The van der Waals surface area contributed by atoms with Crippen molar-refractivity contribution in [3.63, 3.8) is 0 Å². The number of hydrogen-bond donors (Lipinski definition) is 2. The van der Waals surface area contributed by atoms with E-state index < -0.39 is 0 Å². The lowest BCUT2D eigenvalue weighted by molar-refractivity contribution is 0.239. The van der Waals surface area contributed by atoms with Crippen LogP contribution in [-0.4, -0.2) is 47.9 Å². The maximum Gasteiger partial charge on any atom is 0.165 e. The first-order valence-electron chi connectivity index (χ1n) is 8.97. The average molecular weight is 360 g/mol. The fourth-order valence-corrected chi connectivity index (χ4v) is 3.29. The Morgan fingerprint density at radius 2 is 2.19 bits per heavy atom. The summed E-state index contributed by atoms with van der Waals surface area (Å²) in [4.78, 5) is 10.8. The van der Waals surface area contributed by atoms with Crippen molar-refractivity contribution in [2.24, 2.45) is 0 Å². The third-order valence-corrected chi connectivity index (χ3v) is 4.72. The number of ether oxygens (including phenoxy) is 1. The molecule has 1 aliphatic heterocycles. The Labute approximate surface area is 153 Å². The van der Waals surface area contributed by atoms with E-state index in [9.17, 15) is 9.50 Å². The zero-order chi connectivity index (χ0) is 18.4. The largest absolute Gasteiger partial charge is 0.494 e. The lowest BCUT2D eigenvalue weighted by Crippen LogP contribution is -2.42. The molecule has 7 heteroatoms. The fourth-order valence-electron chi connectivity index (χ4n) is 3.29. The van der Waals surface area contributed by atoms with E-state index in [0.717, 1.165) is 43.0 Å². The summed E-state index contributed by atoms with van der Waals surface area (Å²) in [5.74, 6) is 1.46. The molecule has 0 saturated carbocycles. The van der Waals surface area contributed by atoms with E-state index in [0.29, 0.717) is 13.0 Å². The summed E-state index contributed by atoms with van der Waals surface area (Å²) in [7, 11) is 1.45. The molecule has 3 rings (SSSR count). The molecule has 1 unspecified atom stereocenters. The fraction of sp³-hybridized carbons (Fsp3) is 0.474. The van der Waals surface area contributed by atoms with Crippen molar-refractivity contribution in [1.82, 2.24) is 9.97 Å². The van der Waals surface area contributed by atoms with Crippen LogP contribution in [0.5, 0.6) is 5.75 Å². The minimum atomic E-state index is -0.352. The van der Waals surface area contributed by atoms with Crippen molar-refractivity contribution < 1.29 is 14.2 Å². The third kappa shape index (κ3) is 4.40. The number of nitrogens with zero attached hydrogens (tertiary/aromatic N) is 3. The molecule has 140 valence electrons. The number of aliphatic hydroxyl groups excluding tert-OH is 1.